The van der Waals surface area contributed by atoms with Crippen molar-refractivity contribution in [3.05, 3.63) is 71.5 Å². The number of hydrogen-bond acceptors (Lipinski definition) is 4. The van der Waals surface area contributed by atoms with E-state index in [-0.39, 0.29) is 11.6 Å². The molecule has 3 rings (SSSR count). The molecule has 0 saturated heterocycles. The number of rotatable bonds is 6. The number of aryl methyl sites for hydroxylation is 1. The van der Waals surface area contributed by atoms with E-state index in [1.807, 2.05) is 32.0 Å². The van der Waals surface area contributed by atoms with Gasteiger partial charge in [-0.1, -0.05) is 24.3 Å². The smallest absolute Gasteiger partial charge is 0.278 e. The van der Waals surface area contributed by atoms with Crippen LogP contribution < -0.4 is 15.4 Å². The molecule has 0 aliphatic carbocycles. The Balaban J connectivity index is 1.87. The first kappa shape index (κ1) is 19.2. The predicted octanol–water partition coefficient (Wildman–Crippen LogP) is 3.72. The number of aromatic nitrogens is 2. The molecule has 0 saturated carbocycles. The zero-order valence-electron chi connectivity index (χ0n) is 16.0. The van der Waals surface area contributed by atoms with Crippen molar-refractivity contribution in [3.8, 4) is 5.75 Å². The third-order valence-corrected chi connectivity index (χ3v) is 4.33. The first-order valence-electron chi connectivity index (χ1n) is 8.92. The summed E-state index contributed by atoms with van der Waals surface area (Å²) in [5, 5.41) is 9.89. The number of hydrogen-bond donors (Lipinski definition) is 2. The van der Waals surface area contributed by atoms with Gasteiger partial charge in [0.15, 0.2) is 5.69 Å². The van der Waals surface area contributed by atoms with Crippen molar-refractivity contribution < 1.29 is 14.3 Å². The van der Waals surface area contributed by atoms with E-state index in [9.17, 15) is 9.59 Å². The second-order valence-corrected chi connectivity index (χ2v) is 6.15. The summed E-state index contributed by atoms with van der Waals surface area (Å²) in [4.78, 5) is 25.5. The lowest BCUT2D eigenvalue weighted by Gasteiger charge is -2.11. The number of para-hydroxylation sites is 1. The summed E-state index contributed by atoms with van der Waals surface area (Å²) in [6, 6.07) is 14.3. The van der Waals surface area contributed by atoms with Crippen molar-refractivity contribution in [1.29, 1.82) is 0 Å². The van der Waals surface area contributed by atoms with E-state index in [4.69, 9.17) is 4.74 Å². The van der Waals surface area contributed by atoms with E-state index in [1.54, 1.807) is 48.3 Å². The lowest BCUT2D eigenvalue weighted by atomic mass is 10.1. The molecule has 28 heavy (non-hydrogen) atoms. The summed E-state index contributed by atoms with van der Waals surface area (Å²) in [5.74, 6) is -0.101. The molecule has 0 radical (unpaired) electrons. The zero-order valence-corrected chi connectivity index (χ0v) is 16.0. The van der Waals surface area contributed by atoms with Crippen molar-refractivity contribution in [3.63, 3.8) is 0 Å². The number of amides is 2. The summed E-state index contributed by atoms with van der Waals surface area (Å²) in [6.45, 7) is 4.29. The van der Waals surface area contributed by atoms with E-state index in [1.165, 1.54) is 0 Å². The van der Waals surface area contributed by atoms with Crippen LogP contribution in [0.4, 0.5) is 11.4 Å². The third kappa shape index (κ3) is 4.03. The Morgan fingerprint density at radius 1 is 1.04 bits per heavy atom. The molecule has 3 aromatic rings. The van der Waals surface area contributed by atoms with Crippen molar-refractivity contribution in [1.82, 2.24) is 9.78 Å². The standard InChI is InChI=1S/C21H22N4O3/c1-4-25-13-17(19(24-25)21(27)22-15-9-6-5-7-10-15)23-20(26)16-11-8-12-18(28-3)14(16)2/h5-13H,4H2,1-3H3,(H,22,27)(H,23,26). The summed E-state index contributed by atoms with van der Waals surface area (Å²) >= 11 is 0. The highest BCUT2D eigenvalue weighted by molar-refractivity contribution is 6.12. The van der Waals surface area contributed by atoms with Gasteiger partial charge >= 0.3 is 0 Å². The maximum atomic E-state index is 12.8. The molecule has 0 unspecified atom stereocenters. The topological polar surface area (TPSA) is 85.2 Å². The molecule has 0 atom stereocenters. The van der Waals surface area contributed by atoms with Gasteiger partial charge in [0, 0.05) is 29.6 Å². The number of carbonyl (C=O) groups excluding carboxylic acids is 2. The minimum absolute atomic E-state index is 0.152. The first-order valence-corrected chi connectivity index (χ1v) is 8.92. The first-order chi connectivity index (χ1) is 13.5. The normalized spacial score (nSPS) is 10.4. The van der Waals surface area contributed by atoms with Crippen LogP contribution >= 0.6 is 0 Å². The van der Waals surface area contributed by atoms with Gasteiger partial charge in [0.05, 0.1) is 12.8 Å². The number of benzene rings is 2. The lowest BCUT2D eigenvalue weighted by Crippen LogP contribution is -2.18. The Morgan fingerprint density at radius 2 is 1.79 bits per heavy atom. The van der Waals surface area contributed by atoms with E-state index in [0.717, 1.165) is 5.56 Å². The van der Waals surface area contributed by atoms with Crippen LogP contribution in [0.3, 0.4) is 0 Å². The van der Waals surface area contributed by atoms with E-state index in [0.29, 0.717) is 29.2 Å². The summed E-state index contributed by atoms with van der Waals surface area (Å²) in [6.07, 6.45) is 1.65. The number of ether oxygens (including phenoxy) is 1. The van der Waals surface area contributed by atoms with Gasteiger partial charge in [-0.3, -0.25) is 14.3 Å². The van der Waals surface area contributed by atoms with E-state index in [2.05, 4.69) is 15.7 Å². The zero-order chi connectivity index (χ0) is 20.1. The van der Waals surface area contributed by atoms with Gasteiger partial charge < -0.3 is 15.4 Å². The Bertz CT molecular complexity index is 996. The van der Waals surface area contributed by atoms with Crippen LogP contribution in [0.1, 0.15) is 33.3 Å². The molecule has 1 heterocycles. The molecule has 2 N–H and O–H groups in total. The fraction of sp³-hybridized carbons (Fsp3) is 0.190. The van der Waals surface area contributed by atoms with Gasteiger partial charge in [0.1, 0.15) is 5.75 Å². The average molecular weight is 378 g/mol. The van der Waals surface area contributed by atoms with Crippen molar-refractivity contribution in [2.75, 3.05) is 17.7 Å². The predicted molar refractivity (Wildman–Crippen MR) is 108 cm³/mol. The molecule has 0 bridgehead atoms. The number of nitrogens with one attached hydrogen (secondary N) is 2. The van der Waals surface area contributed by atoms with Crippen LogP contribution in [0.15, 0.2) is 54.7 Å². The van der Waals surface area contributed by atoms with Crippen LogP contribution in [-0.4, -0.2) is 28.7 Å². The van der Waals surface area contributed by atoms with Gasteiger partial charge in [0.2, 0.25) is 0 Å². The molecule has 7 heteroatoms. The molecular weight excluding hydrogens is 356 g/mol. The monoisotopic (exact) mass is 378 g/mol. The van der Waals surface area contributed by atoms with E-state index >= 15 is 0 Å². The number of carbonyl (C=O) groups is 2. The largest absolute Gasteiger partial charge is 0.496 e. The second kappa shape index (κ2) is 8.39. The Hall–Kier alpha value is -3.61. The van der Waals surface area contributed by atoms with Crippen molar-refractivity contribution in [2.45, 2.75) is 20.4 Å². The molecule has 2 aromatic carbocycles. The number of methoxy groups -OCH3 is 1. The Morgan fingerprint density at radius 3 is 2.46 bits per heavy atom. The van der Waals surface area contributed by atoms with Gasteiger partial charge in [0.25, 0.3) is 11.8 Å². The highest BCUT2D eigenvalue weighted by Crippen LogP contribution is 2.23. The molecular formula is C21H22N4O3. The van der Waals surface area contributed by atoms with Crippen LogP contribution in [0, 0.1) is 6.92 Å². The Labute approximate surface area is 163 Å². The molecule has 0 spiro atoms. The van der Waals surface area contributed by atoms with Crippen LogP contribution in [0.5, 0.6) is 5.75 Å². The fourth-order valence-electron chi connectivity index (χ4n) is 2.83. The summed E-state index contributed by atoms with van der Waals surface area (Å²) in [5.41, 5.74) is 2.35. The molecule has 2 amide bonds. The van der Waals surface area contributed by atoms with Crippen LogP contribution in [0.25, 0.3) is 0 Å². The van der Waals surface area contributed by atoms with Gasteiger partial charge in [-0.2, -0.15) is 5.10 Å². The molecule has 144 valence electrons. The number of nitrogens with zero attached hydrogens (tertiary/aromatic N) is 2. The minimum Gasteiger partial charge on any atom is -0.496 e. The SMILES string of the molecule is CCn1cc(NC(=O)c2cccc(OC)c2C)c(C(=O)Nc2ccccc2)n1. The highest BCUT2D eigenvalue weighted by Gasteiger charge is 2.20. The van der Waals surface area contributed by atoms with Crippen molar-refractivity contribution >= 4 is 23.2 Å². The highest BCUT2D eigenvalue weighted by atomic mass is 16.5. The van der Waals surface area contributed by atoms with Crippen molar-refractivity contribution in [2.24, 2.45) is 0 Å². The van der Waals surface area contributed by atoms with Gasteiger partial charge in [-0.25, -0.2) is 0 Å². The third-order valence-electron chi connectivity index (χ3n) is 4.33. The van der Waals surface area contributed by atoms with E-state index < -0.39 is 5.91 Å². The molecule has 1 aromatic heterocycles. The molecule has 7 nitrogen and oxygen atoms in total. The fourth-order valence-corrected chi connectivity index (χ4v) is 2.83. The maximum absolute atomic E-state index is 12.8. The number of anilines is 2. The van der Waals surface area contributed by atoms with Gasteiger partial charge in [-0.05, 0) is 38.1 Å². The minimum atomic E-state index is -0.393. The molecule has 0 fully saturated rings. The lowest BCUT2D eigenvalue weighted by molar-refractivity contribution is 0.102. The molecule has 0 aliphatic rings. The summed E-state index contributed by atoms with van der Waals surface area (Å²) in [7, 11) is 1.56. The van der Waals surface area contributed by atoms with Crippen LogP contribution in [0.2, 0.25) is 0 Å². The van der Waals surface area contributed by atoms with Crippen LogP contribution in [-0.2, 0) is 6.54 Å². The average Bonchev–Trinajstić information content (AvgIpc) is 3.12. The quantitative estimate of drug-likeness (QED) is 0.684. The second-order valence-electron chi connectivity index (χ2n) is 6.15. The Kier molecular flexibility index (Phi) is 5.74. The molecule has 0 aliphatic heterocycles. The summed E-state index contributed by atoms with van der Waals surface area (Å²) < 4.78 is 6.88. The maximum Gasteiger partial charge on any atom is 0.278 e. The van der Waals surface area contributed by atoms with Gasteiger partial charge in [-0.15, -0.1) is 0 Å².